The van der Waals surface area contributed by atoms with Crippen LogP contribution in [0.2, 0.25) is 5.15 Å². The Morgan fingerprint density at radius 3 is 2.53 bits per heavy atom. The largest absolute Gasteiger partial charge is 0.228 e. The van der Waals surface area contributed by atoms with Crippen LogP contribution in [-0.2, 0) is 0 Å². The molecule has 0 bridgehead atoms. The van der Waals surface area contributed by atoms with Crippen molar-refractivity contribution in [2.75, 3.05) is 0 Å². The van der Waals surface area contributed by atoms with Gasteiger partial charge in [0.15, 0.2) is 5.82 Å². The van der Waals surface area contributed by atoms with Gasteiger partial charge in [-0.2, -0.15) is 0 Å². The Kier molecular flexibility index (Phi) is 3.97. The molecule has 0 spiro atoms. The highest BCUT2D eigenvalue weighted by Gasteiger charge is 2.13. The van der Waals surface area contributed by atoms with Gasteiger partial charge in [0.1, 0.15) is 5.15 Å². The molecule has 0 amide bonds. The van der Waals surface area contributed by atoms with Gasteiger partial charge in [-0.05, 0) is 56.1 Å². The molecule has 2 nitrogen and oxygen atoms in total. The van der Waals surface area contributed by atoms with E-state index in [2.05, 4.69) is 57.8 Å². The maximum atomic E-state index is 6.25. The van der Waals surface area contributed by atoms with Gasteiger partial charge < -0.3 is 0 Å². The second-order valence-corrected chi connectivity index (χ2v) is 8.76. The highest BCUT2D eigenvalue weighted by atomic mass is 79.9. The van der Waals surface area contributed by atoms with Gasteiger partial charge in [-0.3, -0.25) is 0 Å². The second kappa shape index (κ2) is 5.41. The zero-order valence-electron chi connectivity index (χ0n) is 9.12. The number of benzene rings is 1. The Balaban J connectivity index is 2.26. The molecule has 0 saturated carbocycles. The summed E-state index contributed by atoms with van der Waals surface area (Å²) in [4.78, 5) is 8.94. The lowest BCUT2D eigenvalue weighted by Gasteiger charge is -2.04. The molecule has 0 aliphatic heterocycles. The van der Waals surface area contributed by atoms with E-state index < -0.39 is 0 Å². The fourth-order valence-electron chi connectivity index (χ4n) is 1.68. The maximum Gasteiger partial charge on any atom is 0.163 e. The molecule has 96 valence electrons. The Morgan fingerprint density at radius 1 is 1.05 bits per heavy atom. The summed E-state index contributed by atoms with van der Waals surface area (Å²) in [7, 11) is 0. The first-order chi connectivity index (χ1) is 9.04. The molecule has 19 heavy (non-hydrogen) atoms. The zero-order chi connectivity index (χ0) is 13.6. The minimum absolute atomic E-state index is 0.454. The van der Waals surface area contributed by atoms with E-state index in [1.807, 2.05) is 24.3 Å². The molecule has 0 aliphatic carbocycles. The van der Waals surface area contributed by atoms with Gasteiger partial charge in [0.25, 0.3) is 0 Å². The van der Waals surface area contributed by atoms with Gasteiger partial charge in [-0.1, -0.05) is 27.5 Å². The van der Waals surface area contributed by atoms with E-state index in [-0.39, 0.29) is 0 Å². The molecule has 0 saturated heterocycles. The van der Waals surface area contributed by atoms with Crippen LogP contribution >= 0.6 is 70.7 Å². The first-order valence-electron chi connectivity index (χ1n) is 5.12. The predicted octanol–water partition coefficient (Wildman–Crippen LogP) is 6.30. The van der Waals surface area contributed by atoms with Crippen molar-refractivity contribution < 1.29 is 0 Å². The third-order valence-corrected chi connectivity index (χ3v) is 5.63. The number of aromatic nitrogens is 2. The molecular formula is C12H4Br3ClN2S. The number of hydrogen-bond donors (Lipinski definition) is 0. The summed E-state index contributed by atoms with van der Waals surface area (Å²) in [5, 5.41) is 1.29. The summed E-state index contributed by atoms with van der Waals surface area (Å²) in [6.45, 7) is 0. The normalized spacial score (nSPS) is 11.2. The lowest BCUT2D eigenvalue weighted by atomic mass is 10.2. The van der Waals surface area contributed by atoms with E-state index in [1.54, 1.807) is 11.3 Å². The van der Waals surface area contributed by atoms with Crippen LogP contribution < -0.4 is 0 Å². The number of thiophene rings is 1. The van der Waals surface area contributed by atoms with Crippen molar-refractivity contribution in [2.24, 2.45) is 0 Å². The summed E-state index contributed by atoms with van der Waals surface area (Å²) in [5.41, 5.74) is 1.76. The molecule has 0 unspecified atom stereocenters. The van der Waals surface area contributed by atoms with Crippen molar-refractivity contribution in [1.29, 1.82) is 0 Å². The fourth-order valence-corrected chi connectivity index (χ4v) is 5.06. The van der Waals surface area contributed by atoms with Crippen LogP contribution in [0.3, 0.4) is 0 Å². The lowest BCUT2D eigenvalue weighted by molar-refractivity contribution is 1.23. The highest BCUT2D eigenvalue weighted by molar-refractivity contribution is 9.12. The third-order valence-electron chi connectivity index (χ3n) is 2.51. The van der Waals surface area contributed by atoms with E-state index in [4.69, 9.17) is 11.6 Å². The van der Waals surface area contributed by atoms with Gasteiger partial charge in [-0.15, -0.1) is 11.3 Å². The van der Waals surface area contributed by atoms with Crippen LogP contribution in [0.15, 0.2) is 36.3 Å². The molecule has 2 heterocycles. The van der Waals surface area contributed by atoms with Crippen LogP contribution in [0.1, 0.15) is 0 Å². The number of hydrogen-bond acceptors (Lipinski definition) is 3. The molecule has 0 atom stereocenters. The predicted molar refractivity (Wildman–Crippen MR) is 91.0 cm³/mol. The Hall–Kier alpha value is -0.0100. The van der Waals surface area contributed by atoms with Gasteiger partial charge in [0, 0.05) is 15.4 Å². The average Bonchev–Trinajstić information content (AvgIpc) is 2.69. The van der Waals surface area contributed by atoms with Crippen molar-refractivity contribution in [3.8, 4) is 11.4 Å². The van der Waals surface area contributed by atoms with Gasteiger partial charge in [-0.25, -0.2) is 9.97 Å². The molecule has 3 aromatic rings. The quantitative estimate of drug-likeness (QED) is 0.380. The van der Waals surface area contributed by atoms with Crippen molar-refractivity contribution in [3.63, 3.8) is 0 Å². The van der Waals surface area contributed by atoms with Crippen molar-refractivity contribution >= 4 is 81.6 Å². The average molecular weight is 483 g/mol. The van der Waals surface area contributed by atoms with Crippen LogP contribution in [0.4, 0.5) is 0 Å². The van der Waals surface area contributed by atoms with Crippen LogP contribution in [-0.4, -0.2) is 9.97 Å². The molecular weight excluding hydrogens is 479 g/mol. The summed E-state index contributed by atoms with van der Waals surface area (Å²) >= 11 is 18.2. The van der Waals surface area contributed by atoms with Crippen molar-refractivity contribution in [3.05, 3.63) is 41.5 Å². The van der Waals surface area contributed by atoms with Crippen molar-refractivity contribution in [1.82, 2.24) is 9.97 Å². The standard InChI is InChI=1S/C12H4Br3ClN2S/c13-5-1-2-8-6(3-5)11(16)18-12(17-8)7-4-9(14)19-10(7)15/h1-4H. The number of fused-ring (bicyclic) bond motifs is 1. The maximum absolute atomic E-state index is 6.25. The summed E-state index contributed by atoms with van der Waals surface area (Å²) in [6.07, 6.45) is 0. The second-order valence-electron chi connectivity index (χ2n) is 3.74. The summed E-state index contributed by atoms with van der Waals surface area (Å²) in [6, 6.07) is 7.75. The minimum Gasteiger partial charge on any atom is -0.228 e. The van der Waals surface area contributed by atoms with E-state index in [1.165, 1.54) is 0 Å². The fraction of sp³-hybridized carbons (Fsp3) is 0. The Bertz CT molecular complexity index is 788. The SMILES string of the molecule is Clc1nc(-c2cc(Br)sc2Br)nc2ccc(Br)cc12. The molecule has 3 rings (SSSR count). The van der Waals surface area contributed by atoms with Gasteiger partial charge in [0.2, 0.25) is 0 Å². The van der Waals surface area contributed by atoms with Crippen LogP contribution in [0, 0.1) is 0 Å². The minimum atomic E-state index is 0.454. The zero-order valence-corrected chi connectivity index (χ0v) is 15.5. The van der Waals surface area contributed by atoms with Gasteiger partial charge >= 0.3 is 0 Å². The van der Waals surface area contributed by atoms with E-state index in [9.17, 15) is 0 Å². The summed E-state index contributed by atoms with van der Waals surface area (Å²) < 4.78 is 2.95. The third kappa shape index (κ3) is 2.74. The monoisotopic (exact) mass is 480 g/mol. The Labute approximate surface area is 143 Å². The van der Waals surface area contributed by atoms with Crippen LogP contribution in [0.25, 0.3) is 22.3 Å². The molecule has 0 N–H and O–H groups in total. The van der Waals surface area contributed by atoms with E-state index in [0.29, 0.717) is 11.0 Å². The highest BCUT2D eigenvalue weighted by Crippen LogP contribution is 2.38. The van der Waals surface area contributed by atoms with E-state index in [0.717, 1.165) is 28.5 Å². The molecule has 0 fully saturated rings. The first-order valence-corrected chi connectivity index (χ1v) is 8.70. The topological polar surface area (TPSA) is 25.8 Å². The lowest BCUT2D eigenvalue weighted by Crippen LogP contribution is -1.91. The smallest absolute Gasteiger partial charge is 0.163 e. The number of nitrogens with zero attached hydrogens (tertiary/aromatic N) is 2. The van der Waals surface area contributed by atoms with Crippen molar-refractivity contribution in [2.45, 2.75) is 0 Å². The number of rotatable bonds is 1. The van der Waals surface area contributed by atoms with E-state index >= 15 is 0 Å². The Morgan fingerprint density at radius 2 is 1.84 bits per heavy atom. The molecule has 7 heteroatoms. The molecule has 0 radical (unpaired) electrons. The molecule has 1 aromatic carbocycles. The molecule has 2 aromatic heterocycles. The van der Waals surface area contributed by atoms with Crippen LogP contribution in [0.5, 0.6) is 0 Å². The number of halogens is 4. The molecule has 0 aliphatic rings. The van der Waals surface area contributed by atoms with Gasteiger partial charge in [0.05, 0.1) is 13.1 Å². The summed E-state index contributed by atoms with van der Waals surface area (Å²) in [5.74, 6) is 0.619. The first kappa shape index (κ1) is 13.9.